The summed E-state index contributed by atoms with van der Waals surface area (Å²) >= 11 is 0. The molecule has 0 saturated carbocycles. The highest BCUT2D eigenvalue weighted by Gasteiger charge is 2.22. The fourth-order valence-corrected chi connectivity index (χ4v) is 2.88. The van der Waals surface area contributed by atoms with Gasteiger partial charge in [0.15, 0.2) is 12.4 Å². The van der Waals surface area contributed by atoms with Gasteiger partial charge in [-0.2, -0.15) is 0 Å². The largest absolute Gasteiger partial charge is 0.478 e. The van der Waals surface area contributed by atoms with E-state index >= 15 is 0 Å². The molecule has 0 aliphatic heterocycles. The minimum absolute atomic E-state index is 0.0235. The SMILES string of the molecule is COC(=O)c1ccc(OCC(=O)c2c(C)[nH]c3ccccc23)c([N+](=O)[O-])c1. The molecule has 138 valence electrons. The fraction of sp³-hybridized carbons (Fsp3) is 0.158. The summed E-state index contributed by atoms with van der Waals surface area (Å²) < 4.78 is 9.95. The van der Waals surface area contributed by atoms with Crippen LogP contribution in [-0.4, -0.2) is 35.4 Å². The second kappa shape index (κ2) is 7.28. The van der Waals surface area contributed by atoms with Crippen molar-refractivity contribution in [2.75, 3.05) is 13.7 Å². The molecule has 1 N–H and O–H groups in total. The Morgan fingerprint density at radius 2 is 1.93 bits per heavy atom. The van der Waals surface area contributed by atoms with Crippen LogP contribution in [0.5, 0.6) is 5.75 Å². The lowest BCUT2D eigenvalue weighted by Crippen LogP contribution is -2.13. The number of Topliss-reactive ketones (excluding diaryl/α,β-unsaturated/α-hetero) is 1. The third-order valence-corrected chi connectivity index (χ3v) is 4.11. The van der Waals surface area contributed by atoms with Crippen molar-refractivity contribution < 1.29 is 24.0 Å². The molecule has 8 heteroatoms. The van der Waals surface area contributed by atoms with E-state index in [-0.39, 0.29) is 23.7 Å². The number of fused-ring (bicyclic) bond motifs is 1. The topological polar surface area (TPSA) is 112 Å². The van der Waals surface area contributed by atoms with Gasteiger partial charge in [-0.3, -0.25) is 14.9 Å². The van der Waals surface area contributed by atoms with E-state index in [0.717, 1.165) is 17.0 Å². The minimum Gasteiger partial charge on any atom is -0.478 e. The monoisotopic (exact) mass is 368 g/mol. The van der Waals surface area contributed by atoms with Crippen molar-refractivity contribution >= 4 is 28.3 Å². The predicted octanol–water partition coefficient (Wildman–Crippen LogP) is 3.43. The highest BCUT2D eigenvalue weighted by Crippen LogP contribution is 2.29. The average Bonchev–Trinajstić information content (AvgIpc) is 3.01. The molecule has 3 aromatic rings. The predicted molar refractivity (Wildman–Crippen MR) is 97.3 cm³/mol. The zero-order valence-electron chi connectivity index (χ0n) is 14.6. The smallest absolute Gasteiger partial charge is 0.338 e. The molecule has 8 nitrogen and oxygen atoms in total. The summed E-state index contributed by atoms with van der Waals surface area (Å²) in [7, 11) is 1.18. The molecule has 0 spiro atoms. The summed E-state index contributed by atoms with van der Waals surface area (Å²) in [5.41, 5.74) is 1.61. The van der Waals surface area contributed by atoms with Gasteiger partial charge in [0.25, 0.3) is 0 Å². The van der Waals surface area contributed by atoms with Crippen molar-refractivity contribution in [3.8, 4) is 5.75 Å². The molecule has 0 unspecified atom stereocenters. The van der Waals surface area contributed by atoms with E-state index in [1.807, 2.05) is 24.3 Å². The molecule has 2 aromatic carbocycles. The Kier molecular flexibility index (Phi) is 4.89. The van der Waals surface area contributed by atoms with Crippen LogP contribution < -0.4 is 4.74 Å². The van der Waals surface area contributed by atoms with Gasteiger partial charge in [0, 0.05) is 28.2 Å². The molecule has 3 rings (SSSR count). The van der Waals surface area contributed by atoms with Crippen LogP contribution in [0.3, 0.4) is 0 Å². The lowest BCUT2D eigenvalue weighted by molar-refractivity contribution is -0.385. The summed E-state index contributed by atoms with van der Waals surface area (Å²) in [6.45, 7) is 1.40. The number of ether oxygens (including phenoxy) is 2. The lowest BCUT2D eigenvalue weighted by Gasteiger charge is -2.08. The van der Waals surface area contributed by atoms with Gasteiger partial charge in [0.2, 0.25) is 5.78 Å². The Balaban J connectivity index is 1.85. The fourth-order valence-electron chi connectivity index (χ4n) is 2.88. The Morgan fingerprint density at radius 3 is 2.63 bits per heavy atom. The van der Waals surface area contributed by atoms with E-state index in [2.05, 4.69) is 9.72 Å². The van der Waals surface area contributed by atoms with Crippen LogP contribution >= 0.6 is 0 Å². The molecular formula is C19H16N2O6. The van der Waals surface area contributed by atoms with Gasteiger partial charge >= 0.3 is 11.7 Å². The number of aromatic amines is 1. The summed E-state index contributed by atoms with van der Waals surface area (Å²) in [5, 5.41) is 12.0. The van der Waals surface area contributed by atoms with Gasteiger partial charge in [0.05, 0.1) is 17.6 Å². The first-order valence-electron chi connectivity index (χ1n) is 8.02. The number of aryl methyl sites for hydroxylation is 1. The number of nitrogens with zero attached hydrogens (tertiary/aromatic N) is 1. The Bertz CT molecular complexity index is 1050. The van der Waals surface area contributed by atoms with Gasteiger partial charge in [0.1, 0.15) is 0 Å². The van der Waals surface area contributed by atoms with Crippen LogP contribution in [0.25, 0.3) is 10.9 Å². The summed E-state index contributed by atoms with van der Waals surface area (Å²) in [6.07, 6.45) is 0. The number of carbonyl (C=O) groups is 2. The number of aromatic nitrogens is 1. The summed E-state index contributed by atoms with van der Waals surface area (Å²) in [5.74, 6) is -1.11. The van der Waals surface area contributed by atoms with Crippen molar-refractivity contribution in [2.24, 2.45) is 0 Å². The number of esters is 1. The third-order valence-electron chi connectivity index (χ3n) is 4.11. The molecular weight excluding hydrogens is 352 g/mol. The van der Waals surface area contributed by atoms with E-state index in [1.165, 1.54) is 19.2 Å². The molecule has 0 fully saturated rings. The van der Waals surface area contributed by atoms with Crippen molar-refractivity contribution in [3.05, 3.63) is 69.4 Å². The van der Waals surface area contributed by atoms with Crippen LogP contribution in [0.15, 0.2) is 42.5 Å². The number of benzene rings is 2. The van der Waals surface area contributed by atoms with Crippen LogP contribution in [0.4, 0.5) is 5.69 Å². The van der Waals surface area contributed by atoms with E-state index in [0.29, 0.717) is 11.3 Å². The molecule has 0 saturated heterocycles. The number of ketones is 1. The van der Waals surface area contributed by atoms with E-state index in [1.54, 1.807) is 6.92 Å². The number of nitrogens with one attached hydrogen (secondary N) is 1. The summed E-state index contributed by atoms with van der Waals surface area (Å²) in [4.78, 5) is 37.9. The standard InChI is InChI=1S/C19H16N2O6/c1-11-18(13-5-3-4-6-14(13)20-11)16(22)10-27-17-8-7-12(19(23)26-2)9-15(17)21(24)25/h3-9,20H,10H2,1-2H3. The molecule has 1 heterocycles. The van der Waals surface area contributed by atoms with Gasteiger partial charge < -0.3 is 14.5 Å². The molecule has 27 heavy (non-hydrogen) atoms. The maximum Gasteiger partial charge on any atom is 0.338 e. The molecule has 0 amide bonds. The first-order valence-corrected chi connectivity index (χ1v) is 8.02. The van der Waals surface area contributed by atoms with E-state index in [4.69, 9.17) is 4.74 Å². The van der Waals surface area contributed by atoms with E-state index < -0.39 is 16.6 Å². The molecule has 1 aromatic heterocycles. The number of para-hydroxylation sites is 1. The number of H-pyrrole nitrogens is 1. The highest BCUT2D eigenvalue weighted by molar-refractivity contribution is 6.09. The lowest BCUT2D eigenvalue weighted by atomic mass is 10.1. The molecule has 0 aliphatic carbocycles. The maximum atomic E-state index is 12.6. The first kappa shape index (κ1) is 18.1. The second-order valence-corrected chi connectivity index (χ2v) is 5.81. The zero-order valence-corrected chi connectivity index (χ0v) is 14.6. The molecule has 0 atom stereocenters. The Morgan fingerprint density at radius 1 is 1.19 bits per heavy atom. The molecule has 0 aliphatic rings. The van der Waals surface area contributed by atoms with E-state index in [9.17, 15) is 19.7 Å². The number of carbonyl (C=O) groups excluding carboxylic acids is 2. The first-order chi connectivity index (χ1) is 12.9. The second-order valence-electron chi connectivity index (χ2n) is 5.81. The number of nitro benzene ring substituents is 1. The van der Waals surface area contributed by atoms with Crippen LogP contribution in [0.2, 0.25) is 0 Å². The average molecular weight is 368 g/mol. The maximum absolute atomic E-state index is 12.6. The van der Waals surface area contributed by atoms with Gasteiger partial charge in [-0.15, -0.1) is 0 Å². The van der Waals surface area contributed by atoms with Crippen molar-refractivity contribution in [1.82, 2.24) is 4.98 Å². The minimum atomic E-state index is -0.699. The Labute approximate surface area is 153 Å². The molecule has 0 bridgehead atoms. The van der Waals surface area contributed by atoms with Crippen molar-refractivity contribution in [1.29, 1.82) is 0 Å². The van der Waals surface area contributed by atoms with Gasteiger partial charge in [-0.1, -0.05) is 18.2 Å². The van der Waals surface area contributed by atoms with Gasteiger partial charge in [-0.05, 0) is 25.1 Å². The number of methoxy groups -OCH3 is 1. The quantitative estimate of drug-likeness (QED) is 0.309. The molecule has 0 radical (unpaired) electrons. The third kappa shape index (κ3) is 3.50. The number of rotatable bonds is 6. The van der Waals surface area contributed by atoms with Crippen LogP contribution in [-0.2, 0) is 4.74 Å². The highest BCUT2D eigenvalue weighted by atomic mass is 16.6. The van der Waals surface area contributed by atoms with Gasteiger partial charge in [-0.25, -0.2) is 4.79 Å². The zero-order chi connectivity index (χ0) is 19.6. The Hall–Kier alpha value is -3.68. The summed E-state index contributed by atoms with van der Waals surface area (Å²) in [6, 6.07) is 11.0. The normalized spacial score (nSPS) is 10.6. The van der Waals surface area contributed by atoms with Crippen LogP contribution in [0, 0.1) is 17.0 Å². The number of hydrogen-bond donors (Lipinski definition) is 1. The number of nitro groups is 1. The van der Waals surface area contributed by atoms with Crippen molar-refractivity contribution in [3.63, 3.8) is 0 Å². The van der Waals surface area contributed by atoms with Crippen LogP contribution in [0.1, 0.15) is 26.4 Å². The number of hydrogen-bond acceptors (Lipinski definition) is 6. The van der Waals surface area contributed by atoms with Crippen molar-refractivity contribution in [2.45, 2.75) is 6.92 Å².